The van der Waals surface area contributed by atoms with Crippen LogP contribution in [0.25, 0.3) is 0 Å². The average molecular weight is 269 g/mol. The highest BCUT2D eigenvalue weighted by Gasteiger charge is 2.50. The number of hydrogen-bond donors (Lipinski definition) is 0. The molecule has 0 fully saturated rings. The summed E-state index contributed by atoms with van der Waals surface area (Å²) in [5, 5.41) is 12.3. The Labute approximate surface area is 106 Å². The Morgan fingerprint density at radius 2 is 2.06 bits per heavy atom. The van der Waals surface area contributed by atoms with Crippen molar-refractivity contribution in [2.24, 2.45) is 0 Å². The molecule has 7 heteroatoms. The molecule has 0 saturated heterocycles. The van der Waals surface area contributed by atoms with E-state index in [1.807, 2.05) is 0 Å². The third-order valence-corrected chi connectivity index (χ3v) is 4.41. The minimum atomic E-state index is -2.04. The van der Waals surface area contributed by atoms with Crippen molar-refractivity contribution < 1.29 is 22.6 Å². The van der Waals surface area contributed by atoms with Gasteiger partial charge in [-0.1, -0.05) is 12.1 Å². The van der Waals surface area contributed by atoms with Gasteiger partial charge >= 0.3 is 5.97 Å². The second-order valence-electron chi connectivity index (χ2n) is 3.94. The number of benzene rings is 1. The summed E-state index contributed by atoms with van der Waals surface area (Å²) >= 11 is 0. The Bertz CT molecular complexity index is 554. The van der Waals surface area contributed by atoms with Crippen molar-refractivity contribution in [2.45, 2.75) is 10.9 Å². The summed E-state index contributed by atoms with van der Waals surface area (Å²) in [7, 11) is 0.0775. The minimum Gasteiger partial charge on any atom is -0.617 e. The smallest absolute Gasteiger partial charge is 0.374 e. The Kier molecular flexibility index (Phi) is 3.05. The predicted molar refractivity (Wildman–Crippen MR) is 62.5 cm³/mol. The van der Waals surface area contributed by atoms with E-state index in [4.69, 9.17) is 0 Å². The van der Waals surface area contributed by atoms with Crippen LogP contribution in [0.4, 0.5) is 0 Å². The second-order valence-corrected chi connectivity index (χ2v) is 5.61. The van der Waals surface area contributed by atoms with Gasteiger partial charge < -0.3 is 9.94 Å². The largest absolute Gasteiger partial charge is 0.617 e. The molecule has 0 spiro atoms. The number of methoxy groups -OCH3 is 1. The number of hydrogen-bond acceptors (Lipinski definition) is 5. The molecular formula is C11H11NO5S. The van der Waals surface area contributed by atoms with E-state index in [0.29, 0.717) is 0 Å². The second kappa shape index (κ2) is 4.27. The number of fused-ring (bicyclic) bond motifs is 1. The molecule has 96 valence electrons. The normalized spacial score (nSPS) is 30.7. The summed E-state index contributed by atoms with van der Waals surface area (Å²) < 4.78 is 15.1. The number of esters is 1. The van der Waals surface area contributed by atoms with Gasteiger partial charge in [-0.3, -0.25) is 8.85 Å². The highest BCUT2D eigenvalue weighted by atomic mass is 32.2. The maximum atomic E-state index is 12.3. The number of rotatable bonds is 1. The predicted octanol–water partition coefficient (Wildman–Crippen LogP) is 0.391. The van der Waals surface area contributed by atoms with Gasteiger partial charge in [-0.05, 0) is 12.1 Å². The van der Waals surface area contributed by atoms with E-state index in [1.165, 1.54) is 12.1 Å². The first-order valence-electron chi connectivity index (χ1n) is 5.12. The zero-order valence-corrected chi connectivity index (χ0v) is 10.6. The molecule has 18 heavy (non-hydrogen) atoms. The van der Waals surface area contributed by atoms with Crippen molar-refractivity contribution in [1.29, 1.82) is 0 Å². The third-order valence-electron chi connectivity index (χ3n) is 2.81. The van der Waals surface area contributed by atoms with Crippen molar-refractivity contribution in [3.05, 3.63) is 35.0 Å². The van der Waals surface area contributed by atoms with Crippen molar-refractivity contribution in [1.82, 2.24) is 0 Å². The monoisotopic (exact) mass is 269 g/mol. The fourth-order valence-electron chi connectivity index (χ4n) is 1.88. The molecule has 1 aromatic rings. The molecule has 3 unspecified atom stereocenters. The van der Waals surface area contributed by atoms with Crippen LogP contribution in [0.1, 0.15) is 10.4 Å². The maximum Gasteiger partial charge on any atom is 0.374 e. The molecule has 1 aliphatic rings. The first kappa shape index (κ1) is 12.9. The summed E-state index contributed by atoms with van der Waals surface area (Å²) in [6.45, 7) is 0. The zero-order chi connectivity index (χ0) is 13.5. The van der Waals surface area contributed by atoms with E-state index in [0.717, 1.165) is 14.2 Å². The van der Waals surface area contributed by atoms with Crippen LogP contribution in [0.15, 0.2) is 29.2 Å². The lowest BCUT2D eigenvalue weighted by Gasteiger charge is -2.42. The lowest BCUT2D eigenvalue weighted by atomic mass is 10.0. The standard InChI is InChI=1S/C11H11NO5S/c1-12(15)9(11(14)17-2)10(13)7-5-3-4-6-8(7)18(12)16/h3-6,9H,1-2H3. The number of Topliss-reactive ketones (excluding diaryl/α,β-unsaturated/α-hetero) is 1. The quantitative estimate of drug-likeness (QED) is 0.319. The van der Waals surface area contributed by atoms with E-state index in [9.17, 15) is 19.0 Å². The average Bonchev–Trinajstić information content (AvgIpc) is 2.36. The van der Waals surface area contributed by atoms with Gasteiger partial charge in [-0.25, -0.2) is 4.79 Å². The van der Waals surface area contributed by atoms with Gasteiger partial charge in [0.05, 0.1) is 14.2 Å². The van der Waals surface area contributed by atoms with Gasteiger partial charge in [-0.15, -0.1) is 0 Å². The Morgan fingerprint density at radius 1 is 1.44 bits per heavy atom. The van der Waals surface area contributed by atoms with Crippen LogP contribution < -0.4 is 0 Å². The SMILES string of the molecule is COC(=O)C1C(=O)c2ccccc2S(=O)[N+]1(C)[O-]. The Morgan fingerprint density at radius 3 is 2.67 bits per heavy atom. The molecule has 0 N–H and O–H groups in total. The topological polar surface area (TPSA) is 83.5 Å². The van der Waals surface area contributed by atoms with Gasteiger partial charge in [-0.2, -0.15) is 4.21 Å². The number of ketones is 1. The molecule has 1 aliphatic heterocycles. The molecule has 0 radical (unpaired) electrons. The summed E-state index contributed by atoms with van der Waals surface area (Å²) in [5.41, 5.74) is 0.137. The van der Waals surface area contributed by atoms with Crippen LogP contribution in [-0.4, -0.2) is 40.2 Å². The molecular weight excluding hydrogens is 258 g/mol. The fraction of sp³-hybridized carbons (Fsp3) is 0.273. The Balaban J connectivity index is 2.64. The molecule has 0 saturated carbocycles. The Hall–Kier alpha value is -1.57. The molecule has 2 rings (SSSR count). The first-order chi connectivity index (χ1) is 8.41. The lowest BCUT2D eigenvalue weighted by molar-refractivity contribution is -0.734. The number of carbonyl (C=O) groups excluding carboxylic acids is 2. The number of quaternary nitrogens is 1. The van der Waals surface area contributed by atoms with Gasteiger partial charge in [0.25, 0.3) is 6.04 Å². The van der Waals surface area contributed by atoms with Crippen molar-refractivity contribution in [3.63, 3.8) is 0 Å². The van der Waals surface area contributed by atoms with Gasteiger partial charge in [0, 0.05) is 5.56 Å². The molecule has 1 aromatic carbocycles. The highest BCUT2D eigenvalue weighted by Crippen LogP contribution is 2.31. The first-order valence-corrected chi connectivity index (χ1v) is 6.22. The van der Waals surface area contributed by atoms with Crippen molar-refractivity contribution in [3.8, 4) is 0 Å². The van der Waals surface area contributed by atoms with Crippen molar-refractivity contribution >= 4 is 22.7 Å². The van der Waals surface area contributed by atoms with Crippen LogP contribution >= 0.6 is 0 Å². The zero-order valence-electron chi connectivity index (χ0n) is 9.78. The van der Waals surface area contributed by atoms with Crippen LogP contribution in [0.3, 0.4) is 0 Å². The van der Waals surface area contributed by atoms with Crippen LogP contribution in [0, 0.1) is 5.21 Å². The summed E-state index contributed by atoms with van der Waals surface area (Å²) in [6.07, 6.45) is 0. The van der Waals surface area contributed by atoms with E-state index in [1.54, 1.807) is 12.1 Å². The number of hydroxylamine groups is 2. The summed E-state index contributed by atoms with van der Waals surface area (Å²) in [6, 6.07) is 4.44. The molecule has 0 aromatic heterocycles. The van der Waals surface area contributed by atoms with Gasteiger partial charge in [0.1, 0.15) is 4.90 Å². The third kappa shape index (κ3) is 1.67. The highest BCUT2D eigenvalue weighted by molar-refractivity contribution is 7.79. The van der Waals surface area contributed by atoms with E-state index in [2.05, 4.69) is 4.74 Å². The number of carbonyl (C=O) groups is 2. The molecule has 0 bridgehead atoms. The van der Waals surface area contributed by atoms with E-state index in [-0.39, 0.29) is 10.5 Å². The molecule has 0 amide bonds. The van der Waals surface area contributed by atoms with Crippen LogP contribution in [0.5, 0.6) is 0 Å². The fourth-order valence-corrected chi connectivity index (χ4v) is 3.20. The van der Waals surface area contributed by atoms with E-state index >= 15 is 0 Å². The lowest BCUT2D eigenvalue weighted by Crippen LogP contribution is -2.59. The van der Waals surface area contributed by atoms with E-state index < -0.39 is 32.8 Å². The minimum absolute atomic E-state index is 0.137. The molecule has 1 heterocycles. The summed E-state index contributed by atoms with van der Waals surface area (Å²) in [5.74, 6) is -1.63. The molecule has 6 nitrogen and oxygen atoms in total. The van der Waals surface area contributed by atoms with Crippen LogP contribution in [-0.2, 0) is 20.5 Å². The van der Waals surface area contributed by atoms with Crippen LogP contribution in [0.2, 0.25) is 0 Å². The molecule has 3 atom stereocenters. The van der Waals surface area contributed by atoms with Gasteiger partial charge in [0.2, 0.25) is 16.8 Å². The van der Waals surface area contributed by atoms with Gasteiger partial charge in [0.15, 0.2) is 0 Å². The summed E-state index contributed by atoms with van der Waals surface area (Å²) in [4.78, 5) is 23.8. The molecule has 0 aliphatic carbocycles. The maximum absolute atomic E-state index is 12.3. The van der Waals surface area contributed by atoms with Crippen molar-refractivity contribution in [2.75, 3.05) is 14.2 Å². The number of nitrogens with zero attached hydrogens (tertiary/aromatic N) is 1. The number of likely N-dealkylation sites (N-methyl/N-ethyl adjacent to an activating group) is 1. The number of ether oxygens (including phenoxy) is 1.